The SMILES string of the molecule is S=C(Nc1ccn(Cc2ccccc2Cl)n1)NC1CCCC1. The van der Waals surface area contributed by atoms with Crippen LogP contribution in [0, 0.1) is 0 Å². The Morgan fingerprint density at radius 2 is 2.05 bits per heavy atom. The Morgan fingerprint density at radius 1 is 1.27 bits per heavy atom. The van der Waals surface area contributed by atoms with Gasteiger partial charge in [-0.2, -0.15) is 5.10 Å². The number of hydrogen-bond donors (Lipinski definition) is 2. The summed E-state index contributed by atoms with van der Waals surface area (Å²) < 4.78 is 1.85. The van der Waals surface area contributed by atoms with E-state index in [0.717, 1.165) is 16.4 Å². The molecule has 0 saturated heterocycles. The van der Waals surface area contributed by atoms with Gasteiger partial charge in [0.25, 0.3) is 0 Å². The first-order chi connectivity index (χ1) is 10.7. The summed E-state index contributed by atoms with van der Waals surface area (Å²) in [5.41, 5.74) is 1.05. The summed E-state index contributed by atoms with van der Waals surface area (Å²) in [5.74, 6) is 0.752. The van der Waals surface area contributed by atoms with Crippen LogP contribution in [0.1, 0.15) is 31.2 Å². The Balaban J connectivity index is 1.56. The van der Waals surface area contributed by atoms with Gasteiger partial charge >= 0.3 is 0 Å². The number of aromatic nitrogens is 2. The second-order valence-corrected chi connectivity index (χ2v) is 6.39. The van der Waals surface area contributed by atoms with Crippen molar-refractivity contribution in [2.75, 3.05) is 5.32 Å². The molecule has 1 aromatic carbocycles. The summed E-state index contributed by atoms with van der Waals surface area (Å²) in [7, 11) is 0. The zero-order chi connectivity index (χ0) is 15.4. The van der Waals surface area contributed by atoms with Gasteiger partial charge in [-0.15, -0.1) is 0 Å². The second-order valence-electron chi connectivity index (χ2n) is 5.57. The maximum Gasteiger partial charge on any atom is 0.172 e. The fraction of sp³-hybridized carbons (Fsp3) is 0.375. The Kier molecular flexibility index (Phi) is 4.95. The Morgan fingerprint density at radius 3 is 2.82 bits per heavy atom. The molecule has 0 bridgehead atoms. The maximum absolute atomic E-state index is 6.17. The molecular formula is C16H19ClN4S. The minimum Gasteiger partial charge on any atom is -0.360 e. The lowest BCUT2D eigenvalue weighted by Gasteiger charge is -2.14. The van der Waals surface area contributed by atoms with Crippen LogP contribution in [0.15, 0.2) is 36.5 Å². The number of hydrogen-bond acceptors (Lipinski definition) is 2. The van der Waals surface area contributed by atoms with Crippen molar-refractivity contribution in [1.29, 1.82) is 0 Å². The van der Waals surface area contributed by atoms with Crippen molar-refractivity contribution < 1.29 is 0 Å². The van der Waals surface area contributed by atoms with E-state index in [4.69, 9.17) is 23.8 Å². The van der Waals surface area contributed by atoms with Gasteiger partial charge in [0.2, 0.25) is 0 Å². The third-order valence-corrected chi connectivity index (χ3v) is 4.45. The minimum atomic E-state index is 0.505. The van der Waals surface area contributed by atoms with E-state index in [1.54, 1.807) is 0 Å². The maximum atomic E-state index is 6.17. The molecule has 0 spiro atoms. The molecule has 1 fully saturated rings. The number of anilines is 1. The number of benzene rings is 1. The molecule has 4 nitrogen and oxygen atoms in total. The van der Waals surface area contributed by atoms with Crippen LogP contribution in [-0.4, -0.2) is 20.9 Å². The van der Waals surface area contributed by atoms with E-state index in [-0.39, 0.29) is 0 Å². The van der Waals surface area contributed by atoms with E-state index in [1.165, 1.54) is 25.7 Å². The molecule has 0 unspecified atom stereocenters. The molecule has 0 aliphatic heterocycles. The second kappa shape index (κ2) is 7.11. The van der Waals surface area contributed by atoms with Crippen molar-refractivity contribution >= 4 is 34.7 Å². The molecule has 1 heterocycles. The van der Waals surface area contributed by atoms with Gasteiger partial charge in [-0.25, -0.2) is 0 Å². The Bertz CT molecular complexity index is 649. The van der Waals surface area contributed by atoms with Gasteiger partial charge in [0, 0.05) is 23.3 Å². The summed E-state index contributed by atoms with van der Waals surface area (Å²) in [5, 5.41) is 12.4. The van der Waals surface area contributed by atoms with Gasteiger partial charge in [0.15, 0.2) is 10.9 Å². The van der Waals surface area contributed by atoms with Gasteiger partial charge in [-0.05, 0) is 36.7 Å². The van der Waals surface area contributed by atoms with E-state index in [9.17, 15) is 0 Å². The average Bonchev–Trinajstić information content (AvgIpc) is 3.14. The highest BCUT2D eigenvalue weighted by atomic mass is 35.5. The van der Waals surface area contributed by atoms with Crippen LogP contribution in [0.25, 0.3) is 0 Å². The van der Waals surface area contributed by atoms with Crippen molar-refractivity contribution in [2.45, 2.75) is 38.3 Å². The molecule has 3 rings (SSSR count). The van der Waals surface area contributed by atoms with Crippen LogP contribution < -0.4 is 10.6 Å². The molecule has 0 radical (unpaired) electrons. The third kappa shape index (κ3) is 3.99. The first-order valence-corrected chi connectivity index (χ1v) is 8.34. The van der Waals surface area contributed by atoms with Crippen LogP contribution in [0.5, 0.6) is 0 Å². The van der Waals surface area contributed by atoms with Gasteiger partial charge < -0.3 is 10.6 Å². The molecule has 0 amide bonds. The number of rotatable bonds is 4. The van der Waals surface area contributed by atoms with Crippen LogP contribution in [0.4, 0.5) is 5.82 Å². The lowest BCUT2D eigenvalue weighted by Crippen LogP contribution is -2.36. The molecule has 1 saturated carbocycles. The van der Waals surface area contributed by atoms with E-state index < -0.39 is 0 Å². The minimum absolute atomic E-state index is 0.505. The molecule has 6 heteroatoms. The summed E-state index contributed by atoms with van der Waals surface area (Å²) in [6.45, 7) is 0.643. The van der Waals surface area contributed by atoms with E-state index >= 15 is 0 Å². The highest BCUT2D eigenvalue weighted by Crippen LogP contribution is 2.18. The smallest absolute Gasteiger partial charge is 0.172 e. The van der Waals surface area contributed by atoms with Gasteiger partial charge in [0.05, 0.1) is 6.54 Å². The number of nitrogens with one attached hydrogen (secondary N) is 2. The van der Waals surface area contributed by atoms with Crippen molar-refractivity contribution in [3.8, 4) is 0 Å². The molecular weight excluding hydrogens is 316 g/mol. The summed E-state index contributed by atoms with van der Waals surface area (Å²) >= 11 is 11.5. The molecule has 1 aliphatic carbocycles. The lowest BCUT2D eigenvalue weighted by molar-refractivity contribution is 0.634. The highest BCUT2D eigenvalue weighted by Gasteiger charge is 2.15. The van der Waals surface area contributed by atoms with Crippen LogP contribution in [0.2, 0.25) is 5.02 Å². The number of thiocarbonyl (C=S) groups is 1. The van der Waals surface area contributed by atoms with Crippen molar-refractivity contribution in [2.24, 2.45) is 0 Å². The number of nitrogens with zero attached hydrogens (tertiary/aromatic N) is 2. The molecule has 1 aromatic heterocycles. The van der Waals surface area contributed by atoms with Gasteiger partial charge in [-0.3, -0.25) is 4.68 Å². The monoisotopic (exact) mass is 334 g/mol. The predicted octanol–water partition coefficient (Wildman–Crippen LogP) is 3.81. The molecule has 2 aromatic rings. The largest absolute Gasteiger partial charge is 0.360 e. The average molecular weight is 335 g/mol. The summed E-state index contributed by atoms with van der Waals surface area (Å²) in [6.07, 6.45) is 6.88. The zero-order valence-corrected chi connectivity index (χ0v) is 13.8. The fourth-order valence-corrected chi connectivity index (χ4v) is 3.19. The van der Waals surface area contributed by atoms with Gasteiger partial charge in [0.1, 0.15) is 0 Å². The van der Waals surface area contributed by atoms with Crippen LogP contribution >= 0.6 is 23.8 Å². The first kappa shape index (κ1) is 15.3. The normalized spacial score (nSPS) is 15.0. The molecule has 0 atom stereocenters. The first-order valence-electron chi connectivity index (χ1n) is 7.55. The van der Waals surface area contributed by atoms with E-state index in [0.29, 0.717) is 17.7 Å². The zero-order valence-electron chi connectivity index (χ0n) is 12.3. The van der Waals surface area contributed by atoms with Crippen molar-refractivity contribution in [3.63, 3.8) is 0 Å². The quantitative estimate of drug-likeness (QED) is 0.834. The molecule has 1 aliphatic rings. The standard InChI is InChI=1S/C16H19ClN4S/c17-14-8-4-1-5-12(14)11-21-10-9-15(20-21)19-16(22)18-13-6-2-3-7-13/h1,4-5,8-10,13H,2-3,6-7,11H2,(H2,18,19,20,22). The van der Waals surface area contributed by atoms with Crippen LogP contribution in [0.3, 0.4) is 0 Å². The van der Waals surface area contributed by atoms with Gasteiger partial charge in [-0.1, -0.05) is 42.6 Å². The van der Waals surface area contributed by atoms with Crippen LogP contribution in [-0.2, 0) is 6.54 Å². The third-order valence-electron chi connectivity index (χ3n) is 3.86. The van der Waals surface area contributed by atoms with E-state index in [2.05, 4.69) is 15.7 Å². The summed E-state index contributed by atoms with van der Waals surface area (Å²) in [4.78, 5) is 0. The topological polar surface area (TPSA) is 41.9 Å². The van der Waals surface area contributed by atoms with E-state index in [1.807, 2.05) is 41.2 Å². The fourth-order valence-electron chi connectivity index (χ4n) is 2.73. The Hall–Kier alpha value is -1.59. The highest BCUT2D eigenvalue weighted by molar-refractivity contribution is 7.80. The molecule has 22 heavy (non-hydrogen) atoms. The van der Waals surface area contributed by atoms with Crippen molar-refractivity contribution in [3.05, 3.63) is 47.1 Å². The number of halogens is 1. The molecule has 2 N–H and O–H groups in total. The Labute approximate surface area is 140 Å². The molecule has 116 valence electrons. The van der Waals surface area contributed by atoms with Crippen molar-refractivity contribution in [1.82, 2.24) is 15.1 Å². The predicted molar refractivity (Wildman–Crippen MR) is 94.4 cm³/mol. The summed E-state index contributed by atoms with van der Waals surface area (Å²) in [6, 6.07) is 10.2. The lowest BCUT2D eigenvalue weighted by atomic mass is 10.2.